The third kappa shape index (κ3) is 4.49. The van der Waals surface area contributed by atoms with Gasteiger partial charge in [0.2, 0.25) is 5.88 Å². The van der Waals surface area contributed by atoms with Crippen LogP contribution in [0.2, 0.25) is 0 Å². The Bertz CT molecular complexity index is 439. The molecular weight excluding hydrogens is 256 g/mol. The van der Waals surface area contributed by atoms with Crippen LogP contribution in [0.25, 0.3) is 0 Å². The molecule has 1 aromatic rings. The van der Waals surface area contributed by atoms with Gasteiger partial charge in [-0.2, -0.15) is 0 Å². The highest BCUT2D eigenvalue weighted by atomic mass is 16.5. The zero-order valence-corrected chi connectivity index (χ0v) is 12.3. The lowest BCUT2D eigenvalue weighted by molar-refractivity contribution is -0.118. The minimum atomic E-state index is -0.0107. The highest BCUT2D eigenvalue weighted by Gasteiger charge is 2.31. The minimum Gasteiger partial charge on any atom is -0.484 e. The Morgan fingerprint density at radius 1 is 1.45 bits per heavy atom. The quantitative estimate of drug-likeness (QED) is 0.826. The van der Waals surface area contributed by atoms with Crippen molar-refractivity contribution in [3.8, 4) is 11.6 Å². The summed E-state index contributed by atoms with van der Waals surface area (Å²) in [7, 11) is 0. The van der Waals surface area contributed by atoms with Crippen molar-refractivity contribution >= 4 is 5.78 Å². The fourth-order valence-electron chi connectivity index (χ4n) is 2.15. The van der Waals surface area contributed by atoms with E-state index in [0.29, 0.717) is 23.7 Å². The normalized spacial score (nSPS) is 21.4. The number of ether oxygens (including phenoxy) is 2. The van der Waals surface area contributed by atoms with Gasteiger partial charge in [0.05, 0.1) is 6.20 Å². The summed E-state index contributed by atoms with van der Waals surface area (Å²) in [6.07, 6.45) is 3.86. The summed E-state index contributed by atoms with van der Waals surface area (Å²) < 4.78 is 11.0. The summed E-state index contributed by atoms with van der Waals surface area (Å²) in [5, 5.41) is 3.48. The fraction of sp³-hybridized carbons (Fsp3) is 0.600. The Balaban J connectivity index is 1.73. The van der Waals surface area contributed by atoms with E-state index in [-0.39, 0.29) is 18.5 Å². The van der Waals surface area contributed by atoms with Crippen LogP contribution < -0.4 is 14.8 Å². The van der Waals surface area contributed by atoms with E-state index < -0.39 is 0 Å². The summed E-state index contributed by atoms with van der Waals surface area (Å²) in [5.41, 5.74) is 0. The largest absolute Gasteiger partial charge is 0.484 e. The van der Waals surface area contributed by atoms with Gasteiger partial charge in [-0.05, 0) is 25.8 Å². The topological polar surface area (TPSA) is 60.5 Å². The van der Waals surface area contributed by atoms with Crippen LogP contribution in [-0.4, -0.2) is 35.6 Å². The van der Waals surface area contributed by atoms with E-state index >= 15 is 0 Å². The van der Waals surface area contributed by atoms with Gasteiger partial charge in [0.1, 0.15) is 18.5 Å². The molecule has 1 aliphatic carbocycles. The molecule has 1 aromatic heterocycles. The number of rotatable bonds is 7. The minimum absolute atomic E-state index is 0.0107. The summed E-state index contributed by atoms with van der Waals surface area (Å²) in [6, 6.07) is 4.61. The Morgan fingerprint density at radius 2 is 2.20 bits per heavy atom. The summed E-state index contributed by atoms with van der Waals surface area (Å²) >= 11 is 0. The Labute approximate surface area is 119 Å². The molecule has 5 heteroatoms. The maximum Gasteiger partial charge on any atom is 0.213 e. The SMILES string of the molecule is CC(=O)COc1ccc(OC2CC(NC(C)C)C2)nc1. The summed E-state index contributed by atoms with van der Waals surface area (Å²) in [4.78, 5) is 15.0. The number of aromatic nitrogens is 1. The van der Waals surface area contributed by atoms with Crippen molar-refractivity contribution in [1.29, 1.82) is 0 Å². The van der Waals surface area contributed by atoms with Gasteiger partial charge in [0, 0.05) is 18.2 Å². The molecule has 0 bridgehead atoms. The van der Waals surface area contributed by atoms with E-state index in [9.17, 15) is 4.79 Å². The van der Waals surface area contributed by atoms with Crippen LogP contribution in [0.3, 0.4) is 0 Å². The van der Waals surface area contributed by atoms with Crippen LogP contribution in [0.4, 0.5) is 0 Å². The Kier molecular flexibility index (Phi) is 4.95. The first-order valence-corrected chi connectivity index (χ1v) is 7.04. The lowest BCUT2D eigenvalue weighted by Crippen LogP contribution is -2.49. The van der Waals surface area contributed by atoms with Crippen LogP contribution in [0.5, 0.6) is 11.6 Å². The first-order valence-electron chi connectivity index (χ1n) is 7.04. The molecule has 0 aliphatic heterocycles. The van der Waals surface area contributed by atoms with E-state index in [1.54, 1.807) is 18.3 Å². The van der Waals surface area contributed by atoms with E-state index in [4.69, 9.17) is 9.47 Å². The molecule has 0 spiro atoms. The molecule has 1 heterocycles. The van der Waals surface area contributed by atoms with Crippen molar-refractivity contribution in [2.75, 3.05) is 6.61 Å². The monoisotopic (exact) mass is 278 g/mol. The van der Waals surface area contributed by atoms with Gasteiger partial charge in [0.25, 0.3) is 0 Å². The highest BCUT2D eigenvalue weighted by molar-refractivity contribution is 5.77. The molecule has 0 radical (unpaired) electrons. The van der Waals surface area contributed by atoms with Crippen LogP contribution in [0, 0.1) is 0 Å². The lowest BCUT2D eigenvalue weighted by atomic mass is 9.89. The number of nitrogens with zero attached hydrogens (tertiary/aromatic N) is 1. The second kappa shape index (κ2) is 6.70. The number of Topliss-reactive ketones (excluding diaryl/α,β-unsaturated/α-hetero) is 1. The summed E-state index contributed by atoms with van der Waals surface area (Å²) in [5.74, 6) is 1.18. The Hall–Kier alpha value is -1.62. The molecule has 1 N–H and O–H groups in total. The van der Waals surface area contributed by atoms with Crippen molar-refractivity contribution in [1.82, 2.24) is 10.3 Å². The smallest absolute Gasteiger partial charge is 0.213 e. The molecule has 0 unspecified atom stereocenters. The molecule has 1 saturated carbocycles. The number of pyridine rings is 1. The maximum atomic E-state index is 10.8. The van der Waals surface area contributed by atoms with Crippen molar-refractivity contribution in [3.63, 3.8) is 0 Å². The molecular formula is C15H22N2O3. The maximum absolute atomic E-state index is 10.8. The first kappa shape index (κ1) is 14.8. The number of carbonyl (C=O) groups is 1. The predicted octanol–water partition coefficient (Wildman–Crippen LogP) is 1.96. The number of carbonyl (C=O) groups excluding carboxylic acids is 1. The van der Waals surface area contributed by atoms with Crippen LogP contribution in [-0.2, 0) is 4.79 Å². The van der Waals surface area contributed by atoms with E-state index in [0.717, 1.165) is 12.8 Å². The zero-order chi connectivity index (χ0) is 14.5. The molecule has 0 amide bonds. The second-order valence-corrected chi connectivity index (χ2v) is 5.55. The van der Waals surface area contributed by atoms with Gasteiger partial charge in [-0.25, -0.2) is 4.98 Å². The average Bonchev–Trinajstić information content (AvgIpc) is 2.34. The number of hydrogen-bond acceptors (Lipinski definition) is 5. The lowest BCUT2D eigenvalue weighted by Gasteiger charge is -2.36. The van der Waals surface area contributed by atoms with Crippen LogP contribution >= 0.6 is 0 Å². The van der Waals surface area contributed by atoms with Crippen LogP contribution in [0.1, 0.15) is 33.6 Å². The predicted molar refractivity (Wildman–Crippen MR) is 76.1 cm³/mol. The van der Waals surface area contributed by atoms with Crippen molar-refractivity contribution in [2.45, 2.75) is 51.8 Å². The second-order valence-electron chi connectivity index (χ2n) is 5.55. The van der Waals surface area contributed by atoms with Crippen LogP contribution in [0.15, 0.2) is 18.3 Å². The van der Waals surface area contributed by atoms with Gasteiger partial charge in [-0.3, -0.25) is 4.79 Å². The molecule has 20 heavy (non-hydrogen) atoms. The van der Waals surface area contributed by atoms with Gasteiger partial charge in [-0.15, -0.1) is 0 Å². The number of hydrogen-bond donors (Lipinski definition) is 1. The molecule has 5 nitrogen and oxygen atoms in total. The van der Waals surface area contributed by atoms with Gasteiger partial charge >= 0.3 is 0 Å². The first-order chi connectivity index (χ1) is 9.52. The highest BCUT2D eigenvalue weighted by Crippen LogP contribution is 2.26. The average molecular weight is 278 g/mol. The van der Waals surface area contributed by atoms with Crippen molar-refractivity contribution in [2.24, 2.45) is 0 Å². The third-order valence-electron chi connectivity index (χ3n) is 3.10. The molecule has 1 fully saturated rings. The zero-order valence-electron chi connectivity index (χ0n) is 12.3. The Morgan fingerprint density at radius 3 is 2.75 bits per heavy atom. The molecule has 1 aliphatic rings. The molecule has 110 valence electrons. The molecule has 0 saturated heterocycles. The van der Waals surface area contributed by atoms with Gasteiger partial charge in [0.15, 0.2) is 5.78 Å². The number of nitrogens with one attached hydrogen (secondary N) is 1. The van der Waals surface area contributed by atoms with E-state index in [1.165, 1.54) is 6.92 Å². The molecule has 2 rings (SSSR count). The van der Waals surface area contributed by atoms with E-state index in [1.807, 2.05) is 0 Å². The molecule has 0 atom stereocenters. The van der Waals surface area contributed by atoms with E-state index in [2.05, 4.69) is 24.1 Å². The number of ketones is 1. The standard InChI is InChI=1S/C15H22N2O3/c1-10(2)17-12-6-14(7-12)20-15-5-4-13(8-16-15)19-9-11(3)18/h4-5,8,10,12,14,17H,6-7,9H2,1-3H3. The fourth-order valence-corrected chi connectivity index (χ4v) is 2.15. The summed E-state index contributed by atoms with van der Waals surface area (Å²) in [6.45, 7) is 5.86. The van der Waals surface area contributed by atoms with Crippen molar-refractivity contribution < 1.29 is 14.3 Å². The van der Waals surface area contributed by atoms with Gasteiger partial charge < -0.3 is 14.8 Å². The third-order valence-corrected chi connectivity index (χ3v) is 3.10. The molecule has 0 aromatic carbocycles. The van der Waals surface area contributed by atoms with Crippen molar-refractivity contribution in [3.05, 3.63) is 18.3 Å². The van der Waals surface area contributed by atoms with Gasteiger partial charge in [-0.1, -0.05) is 13.8 Å².